The Kier molecular flexibility index (Phi) is 5.84. The third-order valence-corrected chi connectivity index (χ3v) is 1.36. The molecule has 1 aromatic carbocycles. The van der Waals surface area contributed by atoms with Crippen LogP contribution in [0.4, 0.5) is 0 Å². The molecular formula is C9H13NO5. The molecular weight excluding hydrogens is 202 g/mol. The second-order valence-corrected chi connectivity index (χ2v) is 2.64. The van der Waals surface area contributed by atoms with Gasteiger partial charge >= 0.3 is 5.97 Å². The van der Waals surface area contributed by atoms with Crippen molar-refractivity contribution in [3.63, 3.8) is 0 Å². The van der Waals surface area contributed by atoms with E-state index in [4.69, 9.17) is 26.2 Å². The molecule has 0 amide bonds. The number of nitrogens with two attached hydrogens (primary N) is 1. The van der Waals surface area contributed by atoms with Crippen LogP contribution in [0.15, 0.2) is 24.3 Å². The van der Waals surface area contributed by atoms with Gasteiger partial charge in [0.15, 0.2) is 0 Å². The van der Waals surface area contributed by atoms with Crippen LogP contribution in [0.3, 0.4) is 0 Å². The molecule has 0 aliphatic heterocycles. The van der Waals surface area contributed by atoms with E-state index in [9.17, 15) is 4.79 Å². The van der Waals surface area contributed by atoms with E-state index in [1.54, 1.807) is 0 Å². The van der Waals surface area contributed by atoms with Crippen LogP contribution in [0.1, 0.15) is 0 Å². The molecule has 0 saturated carbocycles. The van der Waals surface area contributed by atoms with Crippen LogP contribution in [-0.2, 0) is 4.79 Å². The molecule has 1 rings (SSSR count). The Morgan fingerprint density at radius 3 is 1.67 bits per heavy atom. The maximum absolute atomic E-state index is 9.65. The van der Waals surface area contributed by atoms with Crippen LogP contribution in [0.5, 0.6) is 11.5 Å². The highest BCUT2D eigenvalue weighted by atomic mass is 16.4. The molecule has 0 bridgehead atoms. The van der Waals surface area contributed by atoms with Gasteiger partial charge in [-0.3, -0.25) is 4.79 Å². The van der Waals surface area contributed by atoms with E-state index < -0.39 is 18.6 Å². The fourth-order valence-corrected chi connectivity index (χ4v) is 0.531. The van der Waals surface area contributed by atoms with Crippen molar-refractivity contribution in [2.75, 3.05) is 6.61 Å². The summed E-state index contributed by atoms with van der Waals surface area (Å²) in [6, 6.07) is 4.58. The Hall–Kier alpha value is -1.79. The molecule has 0 aliphatic rings. The molecule has 15 heavy (non-hydrogen) atoms. The number of rotatable bonds is 2. The van der Waals surface area contributed by atoms with Crippen molar-refractivity contribution < 1.29 is 25.2 Å². The lowest BCUT2D eigenvalue weighted by molar-refractivity contribution is -0.139. The topological polar surface area (TPSA) is 124 Å². The Bertz CT molecular complexity index is 277. The second kappa shape index (κ2) is 6.63. The molecule has 0 saturated heterocycles. The highest BCUT2D eigenvalue weighted by Gasteiger charge is 2.06. The molecule has 6 N–H and O–H groups in total. The van der Waals surface area contributed by atoms with Crippen LogP contribution in [-0.4, -0.2) is 39.0 Å². The number of phenols is 2. The third kappa shape index (κ3) is 6.30. The van der Waals surface area contributed by atoms with E-state index in [1.165, 1.54) is 24.3 Å². The van der Waals surface area contributed by atoms with Crippen molar-refractivity contribution in [2.24, 2.45) is 5.73 Å². The molecule has 0 radical (unpaired) electrons. The Morgan fingerprint density at radius 2 is 1.53 bits per heavy atom. The zero-order chi connectivity index (χ0) is 11.8. The van der Waals surface area contributed by atoms with Crippen molar-refractivity contribution in [1.29, 1.82) is 0 Å². The monoisotopic (exact) mass is 215 g/mol. The SMILES string of the molecule is N[C@@H](CO)C(=O)O.Oc1ccc(O)cc1. The van der Waals surface area contributed by atoms with Crippen LogP contribution in [0.2, 0.25) is 0 Å². The average molecular weight is 215 g/mol. The molecule has 0 aliphatic carbocycles. The predicted octanol–water partition coefficient (Wildman–Crippen LogP) is -0.512. The van der Waals surface area contributed by atoms with Gasteiger partial charge in [0.1, 0.15) is 17.5 Å². The number of aliphatic carboxylic acids is 1. The number of benzene rings is 1. The fourth-order valence-electron chi connectivity index (χ4n) is 0.531. The lowest BCUT2D eigenvalue weighted by Crippen LogP contribution is -2.33. The summed E-state index contributed by atoms with van der Waals surface area (Å²) in [4.78, 5) is 9.65. The first-order chi connectivity index (χ1) is 6.97. The number of aliphatic hydroxyl groups excluding tert-OH is 1. The normalized spacial score (nSPS) is 11.1. The van der Waals surface area contributed by atoms with Gasteiger partial charge in [0.25, 0.3) is 0 Å². The summed E-state index contributed by atoms with van der Waals surface area (Å²) in [5, 5.41) is 33.2. The summed E-state index contributed by atoms with van der Waals surface area (Å²) >= 11 is 0. The van der Waals surface area contributed by atoms with Gasteiger partial charge in [-0.2, -0.15) is 0 Å². The van der Waals surface area contributed by atoms with E-state index in [0.29, 0.717) is 0 Å². The summed E-state index contributed by atoms with van der Waals surface area (Å²) in [6.45, 7) is -0.505. The van der Waals surface area contributed by atoms with E-state index in [2.05, 4.69) is 0 Å². The average Bonchev–Trinajstić information content (AvgIpc) is 2.22. The minimum atomic E-state index is -1.18. The smallest absolute Gasteiger partial charge is 0.322 e. The third-order valence-electron chi connectivity index (χ3n) is 1.36. The van der Waals surface area contributed by atoms with Crippen LogP contribution in [0.25, 0.3) is 0 Å². The quantitative estimate of drug-likeness (QED) is 0.423. The molecule has 1 aromatic rings. The standard InChI is InChI=1S/C6H6O2.C3H7NO3/c7-5-1-2-6(8)4-3-5;4-2(1-5)3(6)7/h1-4,7-8H;2,5H,1,4H2,(H,6,7)/t;2-/m.0/s1. The zero-order valence-corrected chi connectivity index (χ0v) is 7.87. The van der Waals surface area contributed by atoms with E-state index in [-0.39, 0.29) is 11.5 Å². The van der Waals surface area contributed by atoms with Crippen molar-refractivity contribution in [3.05, 3.63) is 24.3 Å². The van der Waals surface area contributed by atoms with Gasteiger partial charge in [0, 0.05) is 0 Å². The van der Waals surface area contributed by atoms with Gasteiger partial charge in [0.05, 0.1) is 6.61 Å². The summed E-state index contributed by atoms with van der Waals surface area (Å²) in [5.41, 5.74) is 4.77. The summed E-state index contributed by atoms with van der Waals surface area (Å²) < 4.78 is 0. The van der Waals surface area contributed by atoms with Gasteiger partial charge < -0.3 is 26.2 Å². The van der Waals surface area contributed by atoms with Gasteiger partial charge in [-0.15, -0.1) is 0 Å². The lowest BCUT2D eigenvalue weighted by Gasteiger charge is -1.96. The highest BCUT2D eigenvalue weighted by Crippen LogP contribution is 2.13. The van der Waals surface area contributed by atoms with Crippen LogP contribution in [0, 0.1) is 0 Å². The minimum absolute atomic E-state index is 0.169. The van der Waals surface area contributed by atoms with Gasteiger partial charge in [-0.25, -0.2) is 0 Å². The van der Waals surface area contributed by atoms with E-state index in [1.807, 2.05) is 0 Å². The fraction of sp³-hybridized carbons (Fsp3) is 0.222. The minimum Gasteiger partial charge on any atom is -0.508 e. The maximum atomic E-state index is 9.65. The zero-order valence-electron chi connectivity index (χ0n) is 7.87. The number of carboxylic acid groups (broad SMARTS) is 1. The summed E-state index contributed by atoms with van der Waals surface area (Å²) in [6.07, 6.45) is 0. The molecule has 84 valence electrons. The van der Waals surface area contributed by atoms with Crippen molar-refractivity contribution >= 4 is 5.97 Å². The number of carboxylic acids is 1. The molecule has 0 unspecified atom stereocenters. The second-order valence-electron chi connectivity index (χ2n) is 2.64. The first-order valence-electron chi connectivity index (χ1n) is 4.04. The molecule has 1 atom stereocenters. The highest BCUT2D eigenvalue weighted by molar-refractivity contribution is 5.73. The first kappa shape index (κ1) is 13.2. The molecule has 0 spiro atoms. The molecule has 0 aromatic heterocycles. The first-order valence-corrected chi connectivity index (χ1v) is 4.04. The van der Waals surface area contributed by atoms with Crippen LogP contribution >= 0.6 is 0 Å². The molecule has 0 heterocycles. The van der Waals surface area contributed by atoms with Crippen molar-refractivity contribution in [2.45, 2.75) is 6.04 Å². The van der Waals surface area contributed by atoms with E-state index >= 15 is 0 Å². The Labute approximate surface area is 86.2 Å². The number of aliphatic hydroxyl groups is 1. The summed E-state index contributed by atoms with van der Waals surface area (Å²) in [7, 11) is 0. The van der Waals surface area contributed by atoms with Crippen molar-refractivity contribution in [3.8, 4) is 11.5 Å². The molecule has 6 heteroatoms. The number of carbonyl (C=O) groups is 1. The van der Waals surface area contributed by atoms with E-state index in [0.717, 1.165) is 0 Å². The number of aromatic hydroxyl groups is 2. The number of hydrogen-bond donors (Lipinski definition) is 5. The largest absolute Gasteiger partial charge is 0.508 e. The number of phenolic OH excluding ortho intramolecular Hbond substituents is 2. The van der Waals surface area contributed by atoms with Gasteiger partial charge in [-0.05, 0) is 24.3 Å². The van der Waals surface area contributed by atoms with Crippen molar-refractivity contribution in [1.82, 2.24) is 0 Å². The molecule has 0 fully saturated rings. The van der Waals surface area contributed by atoms with Gasteiger partial charge in [0.2, 0.25) is 0 Å². The Morgan fingerprint density at radius 1 is 1.20 bits per heavy atom. The summed E-state index contributed by atoms with van der Waals surface area (Å²) in [5.74, 6) is -0.840. The maximum Gasteiger partial charge on any atom is 0.322 e. The lowest BCUT2D eigenvalue weighted by atomic mass is 10.3. The van der Waals surface area contributed by atoms with Gasteiger partial charge in [-0.1, -0.05) is 0 Å². The Balaban J connectivity index is 0.000000265. The number of hydrogen-bond acceptors (Lipinski definition) is 5. The van der Waals surface area contributed by atoms with Crippen LogP contribution < -0.4 is 5.73 Å². The predicted molar refractivity (Wildman–Crippen MR) is 52.5 cm³/mol. The molecule has 6 nitrogen and oxygen atoms in total.